The Balaban J connectivity index is 1.05. The quantitative estimate of drug-likeness (QED) is 0.104. The molecule has 0 aromatic heterocycles. The van der Waals surface area contributed by atoms with Crippen LogP contribution in [0, 0.1) is 29.0 Å². The minimum absolute atomic E-state index is 0.0337. The van der Waals surface area contributed by atoms with Crippen molar-refractivity contribution < 1.29 is 42.3 Å². The molecule has 0 bridgehead atoms. The van der Waals surface area contributed by atoms with Crippen molar-refractivity contribution in [2.45, 2.75) is 26.1 Å². The lowest BCUT2D eigenvalue weighted by Gasteiger charge is -2.37. The molecule has 0 saturated carbocycles. The molecule has 352 valence electrons. The van der Waals surface area contributed by atoms with Gasteiger partial charge < -0.3 is 29.2 Å². The average molecular weight is 932 g/mol. The molecule has 6 aromatic carbocycles. The fourth-order valence-electron chi connectivity index (χ4n) is 10.0. The summed E-state index contributed by atoms with van der Waals surface area (Å²) in [5.41, 5.74) is 9.27. The highest BCUT2D eigenvalue weighted by atomic mass is 19.1. The van der Waals surface area contributed by atoms with Gasteiger partial charge in [-0.05, 0) is 144 Å². The second kappa shape index (κ2) is 19.4. The Morgan fingerprint density at radius 3 is 1.77 bits per heavy atom. The molecular weight excluding hydrogens is 880 g/mol. The largest absolute Gasteiger partial charge is 0.508 e. The number of benzene rings is 6. The van der Waals surface area contributed by atoms with Crippen LogP contribution in [0.2, 0.25) is 0 Å². The van der Waals surface area contributed by atoms with Crippen LogP contribution in [0.1, 0.15) is 65.0 Å². The van der Waals surface area contributed by atoms with Gasteiger partial charge in [0.2, 0.25) is 0 Å². The van der Waals surface area contributed by atoms with Crippen LogP contribution in [0.15, 0.2) is 121 Å². The number of allylic oxidation sites excluding steroid dienone is 2. The lowest BCUT2D eigenvalue weighted by molar-refractivity contribution is 0.0668. The molecule has 2 saturated heterocycles. The van der Waals surface area contributed by atoms with Crippen molar-refractivity contribution in [3.8, 4) is 51.7 Å². The summed E-state index contributed by atoms with van der Waals surface area (Å²) < 4.78 is 67.5. The summed E-state index contributed by atoms with van der Waals surface area (Å²) in [5.74, 6) is 2.31. The van der Waals surface area contributed by atoms with Gasteiger partial charge in [0.1, 0.15) is 65.7 Å². The van der Waals surface area contributed by atoms with Gasteiger partial charge in [-0.3, -0.25) is 18.6 Å². The molecule has 6 aromatic rings. The van der Waals surface area contributed by atoms with Crippen molar-refractivity contribution in [1.82, 2.24) is 9.80 Å². The third-order valence-electron chi connectivity index (χ3n) is 13.7. The van der Waals surface area contributed by atoms with Crippen molar-refractivity contribution in [1.29, 1.82) is 5.26 Å². The second-order valence-corrected chi connectivity index (χ2v) is 18.4. The molecule has 2 atom stereocenters. The summed E-state index contributed by atoms with van der Waals surface area (Å²) in [6, 6.07) is 38.0. The van der Waals surface area contributed by atoms with E-state index in [1.165, 1.54) is 12.1 Å². The first-order chi connectivity index (χ1) is 33.5. The maximum atomic E-state index is 15.0. The number of fused-ring (bicyclic) bond motifs is 2. The molecule has 4 aliphatic heterocycles. The van der Waals surface area contributed by atoms with E-state index in [9.17, 15) is 28.6 Å². The Labute approximate surface area is 399 Å². The topological polar surface area (TPSA) is 108 Å². The molecule has 2 N–H and O–H groups in total. The molecule has 0 aliphatic carbocycles. The van der Waals surface area contributed by atoms with Gasteiger partial charge in [-0.2, -0.15) is 5.26 Å². The molecule has 2 fully saturated rings. The van der Waals surface area contributed by atoms with Crippen LogP contribution >= 0.6 is 0 Å². The molecule has 4 aliphatic rings. The van der Waals surface area contributed by atoms with Gasteiger partial charge in [-0.25, -0.2) is 4.39 Å². The van der Waals surface area contributed by atoms with E-state index < -0.39 is 18.0 Å². The van der Waals surface area contributed by atoms with Crippen LogP contribution in [0.25, 0.3) is 33.4 Å². The number of alkyl halides is 2. The Hall–Kier alpha value is -7.20. The Morgan fingerprint density at radius 2 is 1.17 bits per heavy atom. The molecule has 69 heavy (non-hydrogen) atoms. The molecule has 2 unspecified atom stereocenters. The number of ether oxygens (including phenoxy) is 4. The number of likely N-dealkylation sites (tertiary alicyclic amines) is 2. The number of phenolic OH excluding ortho intramolecular Hbond substituents is 2. The first kappa shape index (κ1) is 45.6. The fourth-order valence-corrected chi connectivity index (χ4v) is 10.0. The highest BCUT2D eigenvalue weighted by Gasteiger charge is 2.34. The van der Waals surface area contributed by atoms with Gasteiger partial charge in [0, 0.05) is 78.9 Å². The normalized spacial score (nSPS) is 18.3. The summed E-state index contributed by atoms with van der Waals surface area (Å²) >= 11 is 0. The van der Waals surface area contributed by atoms with Gasteiger partial charge in [-0.15, -0.1) is 0 Å². The third-order valence-corrected chi connectivity index (χ3v) is 13.7. The number of halogens is 3. The molecule has 12 heteroatoms. The number of aromatic hydroxyl groups is 2. The van der Waals surface area contributed by atoms with Crippen molar-refractivity contribution in [3.63, 3.8) is 0 Å². The number of nitrogens with zero attached hydrogens (tertiary/aromatic N) is 3. The number of nitriles is 1. The Bertz CT molecular complexity index is 3010. The third kappa shape index (κ3) is 9.37. The van der Waals surface area contributed by atoms with E-state index in [2.05, 4.69) is 15.9 Å². The van der Waals surface area contributed by atoms with Crippen LogP contribution in [0.3, 0.4) is 0 Å². The minimum Gasteiger partial charge on any atom is -0.508 e. The summed E-state index contributed by atoms with van der Waals surface area (Å²) in [7, 11) is 0. The predicted octanol–water partition coefficient (Wildman–Crippen LogP) is 11.5. The zero-order valence-corrected chi connectivity index (χ0v) is 38.4. The van der Waals surface area contributed by atoms with E-state index >= 15 is 0 Å². The van der Waals surface area contributed by atoms with Gasteiger partial charge in [0.05, 0.1) is 25.0 Å². The van der Waals surface area contributed by atoms with Crippen molar-refractivity contribution in [3.05, 3.63) is 166 Å². The van der Waals surface area contributed by atoms with E-state index in [4.69, 9.17) is 18.9 Å². The number of phenols is 2. The Kier molecular flexibility index (Phi) is 12.8. The number of hydrogen-bond acceptors (Lipinski definition) is 9. The smallest absolute Gasteiger partial charge is 0.150 e. The highest BCUT2D eigenvalue weighted by Crippen LogP contribution is 2.51. The van der Waals surface area contributed by atoms with Crippen molar-refractivity contribution in [2.75, 3.05) is 65.8 Å². The van der Waals surface area contributed by atoms with Crippen LogP contribution in [0.4, 0.5) is 13.2 Å². The summed E-state index contributed by atoms with van der Waals surface area (Å²) in [6.07, 6.45) is -1.34. The molecule has 9 nitrogen and oxygen atoms in total. The molecule has 10 rings (SSSR count). The molecule has 4 heterocycles. The van der Waals surface area contributed by atoms with Crippen LogP contribution in [-0.2, 0) is 0 Å². The summed E-state index contributed by atoms with van der Waals surface area (Å²) in [4.78, 5) is 4.33. The van der Waals surface area contributed by atoms with Gasteiger partial charge in [0.25, 0.3) is 0 Å². The highest BCUT2D eigenvalue weighted by molar-refractivity contribution is 5.98. The minimum atomic E-state index is -0.712. The molecular formula is C57H52F3N3O6. The van der Waals surface area contributed by atoms with E-state index in [1.54, 1.807) is 42.5 Å². The monoisotopic (exact) mass is 931 g/mol. The van der Waals surface area contributed by atoms with Gasteiger partial charge >= 0.3 is 0 Å². The van der Waals surface area contributed by atoms with E-state index in [1.807, 2.05) is 80.6 Å². The predicted molar refractivity (Wildman–Crippen MR) is 260 cm³/mol. The van der Waals surface area contributed by atoms with Crippen molar-refractivity contribution >= 4 is 22.3 Å². The van der Waals surface area contributed by atoms with Gasteiger partial charge in [0.15, 0.2) is 0 Å². The van der Waals surface area contributed by atoms with Crippen LogP contribution in [0.5, 0.6) is 34.5 Å². The SMILES string of the molecule is CC1=C(c2cc(C#N)cc(-c3cc(C4Oc5ccc(O)cc5C(C)=C4c4cccc(F)c4)ccc3OCCN3CC(CF)C3)c2)C(c2ccc(OCCN3CC(CF)C3)cc2)Oc2ccc(O)cc21. The van der Waals surface area contributed by atoms with E-state index in [-0.39, 0.29) is 36.7 Å². The maximum absolute atomic E-state index is 15.0. The summed E-state index contributed by atoms with van der Waals surface area (Å²) in [6.45, 7) is 8.22. The first-order valence-electron chi connectivity index (χ1n) is 23.4. The maximum Gasteiger partial charge on any atom is 0.150 e. The van der Waals surface area contributed by atoms with Crippen molar-refractivity contribution in [2.24, 2.45) is 11.8 Å². The van der Waals surface area contributed by atoms with Crippen LogP contribution < -0.4 is 18.9 Å². The average Bonchev–Trinajstić information content (AvgIpc) is 3.33. The van der Waals surface area contributed by atoms with E-state index in [0.717, 1.165) is 52.1 Å². The molecule has 0 amide bonds. The van der Waals surface area contributed by atoms with Gasteiger partial charge in [-0.1, -0.05) is 30.3 Å². The zero-order chi connectivity index (χ0) is 47.8. The molecule has 0 radical (unpaired) electrons. The Morgan fingerprint density at radius 1 is 0.609 bits per heavy atom. The van der Waals surface area contributed by atoms with Crippen LogP contribution in [-0.4, -0.2) is 85.8 Å². The number of rotatable bonds is 15. The second-order valence-electron chi connectivity index (χ2n) is 18.4. The summed E-state index contributed by atoms with van der Waals surface area (Å²) in [5, 5.41) is 31.9. The lowest BCUT2D eigenvalue weighted by atomic mass is 9.83. The molecule has 0 spiro atoms. The van der Waals surface area contributed by atoms with E-state index in [0.29, 0.717) is 95.8 Å². The zero-order valence-electron chi connectivity index (χ0n) is 38.4. The fraction of sp³-hybridized carbons (Fsp3) is 0.281. The lowest BCUT2D eigenvalue weighted by Crippen LogP contribution is -2.49. The standard InChI is InChI=1S/C57H52F3N3O6/c1-34-48-25-45(64)10-15-53(48)69-57(54(34)40-4-3-5-44(60)23-40)41-8-13-51(67-19-17-63-32-38(28-59)33-63)50(24-41)42-20-36(29-61)21-43(22-42)55-35(2)49-26-46(65)9-14-52(49)68-56(55)39-6-11-47(12-7-39)66-18-16-62-30-37(27-58)31-62/h3-15,20-26,37-38,56-57,64-65H,16-19,27-28,30-33H2,1-2H3. The first-order valence-corrected chi connectivity index (χ1v) is 23.4. The number of hydrogen-bond donors (Lipinski definition) is 2.